The summed E-state index contributed by atoms with van der Waals surface area (Å²) >= 11 is 0. The minimum atomic E-state index is 0.626. The van der Waals surface area contributed by atoms with Gasteiger partial charge < -0.3 is 4.89 Å². The van der Waals surface area contributed by atoms with Crippen molar-refractivity contribution in [1.29, 1.82) is 0 Å². The molecular formula is C13H20O2. The van der Waals surface area contributed by atoms with Crippen molar-refractivity contribution in [3.8, 4) is 5.75 Å². The minimum absolute atomic E-state index is 0.626. The van der Waals surface area contributed by atoms with Crippen LogP contribution in [-0.2, 0) is 4.89 Å². The number of rotatable bonds is 5. The van der Waals surface area contributed by atoms with Crippen LogP contribution in [0.15, 0.2) is 24.3 Å². The van der Waals surface area contributed by atoms with Crippen LogP contribution in [0, 0.1) is 5.92 Å². The van der Waals surface area contributed by atoms with E-state index in [4.69, 9.17) is 4.89 Å². The third kappa shape index (κ3) is 3.24. The summed E-state index contributed by atoms with van der Waals surface area (Å²) in [6.07, 6.45) is 1.17. The largest absolute Gasteiger partial charge is 0.338 e. The van der Waals surface area contributed by atoms with Gasteiger partial charge in [0.15, 0.2) is 5.75 Å². The molecule has 0 spiro atoms. The first-order chi connectivity index (χ1) is 7.19. The summed E-state index contributed by atoms with van der Waals surface area (Å²) in [4.78, 5) is 9.54. The van der Waals surface area contributed by atoms with Gasteiger partial charge in [-0.1, -0.05) is 32.9 Å². The highest BCUT2D eigenvalue weighted by Gasteiger charge is 2.13. The molecule has 1 unspecified atom stereocenters. The van der Waals surface area contributed by atoms with Gasteiger partial charge in [0, 0.05) is 0 Å². The molecule has 0 aromatic heterocycles. The topological polar surface area (TPSA) is 18.5 Å². The Hall–Kier alpha value is -1.02. The summed E-state index contributed by atoms with van der Waals surface area (Å²) in [5.41, 5.74) is 1.37. The lowest BCUT2D eigenvalue weighted by atomic mass is 9.86. The highest BCUT2D eigenvalue weighted by atomic mass is 17.2. The van der Waals surface area contributed by atoms with Gasteiger partial charge in [0.2, 0.25) is 0 Å². The summed E-state index contributed by atoms with van der Waals surface area (Å²) in [5, 5.41) is 0. The summed E-state index contributed by atoms with van der Waals surface area (Å²) in [7, 11) is 1.51. The molecule has 0 radical (unpaired) electrons. The lowest BCUT2D eigenvalue weighted by molar-refractivity contribution is -0.178. The molecule has 1 aromatic carbocycles. The molecule has 0 N–H and O–H groups in total. The lowest BCUT2D eigenvalue weighted by Gasteiger charge is -2.19. The molecule has 2 heteroatoms. The summed E-state index contributed by atoms with van der Waals surface area (Å²) in [6, 6.07) is 8.12. The van der Waals surface area contributed by atoms with Gasteiger partial charge in [-0.25, -0.2) is 0 Å². The normalized spacial score (nSPS) is 12.9. The van der Waals surface area contributed by atoms with Crippen LogP contribution in [0.25, 0.3) is 0 Å². The highest BCUT2D eigenvalue weighted by molar-refractivity contribution is 5.29. The number of benzene rings is 1. The van der Waals surface area contributed by atoms with Gasteiger partial charge in [-0.3, -0.25) is 0 Å². The van der Waals surface area contributed by atoms with E-state index >= 15 is 0 Å². The molecule has 2 nitrogen and oxygen atoms in total. The molecule has 15 heavy (non-hydrogen) atoms. The standard InChI is InChI=1S/C13H20O2/c1-5-13(10(2)3)11-6-8-12(9-7-11)15-14-4/h6-10,13H,5H2,1-4H3. The molecule has 1 rings (SSSR count). The quantitative estimate of drug-likeness (QED) is 0.541. The molecule has 0 amide bonds. The fourth-order valence-corrected chi connectivity index (χ4v) is 1.96. The van der Waals surface area contributed by atoms with Crippen molar-refractivity contribution < 1.29 is 9.78 Å². The van der Waals surface area contributed by atoms with E-state index in [1.165, 1.54) is 19.1 Å². The van der Waals surface area contributed by atoms with Crippen LogP contribution in [0.3, 0.4) is 0 Å². The third-order valence-electron chi connectivity index (χ3n) is 2.73. The van der Waals surface area contributed by atoms with Gasteiger partial charge in [0.1, 0.15) is 0 Å². The molecule has 1 atom stereocenters. The van der Waals surface area contributed by atoms with Crippen LogP contribution in [-0.4, -0.2) is 7.11 Å². The van der Waals surface area contributed by atoms with Crippen molar-refractivity contribution in [2.24, 2.45) is 5.92 Å². The van der Waals surface area contributed by atoms with Crippen LogP contribution in [0.1, 0.15) is 38.7 Å². The molecule has 0 aliphatic carbocycles. The van der Waals surface area contributed by atoms with Gasteiger partial charge >= 0.3 is 0 Å². The maximum Gasteiger partial charge on any atom is 0.165 e. The van der Waals surface area contributed by atoms with E-state index in [0.29, 0.717) is 11.8 Å². The van der Waals surface area contributed by atoms with Crippen molar-refractivity contribution in [2.75, 3.05) is 7.11 Å². The first-order valence-corrected chi connectivity index (χ1v) is 5.49. The second-order valence-corrected chi connectivity index (χ2v) is 4.08. The van der Waals surface area contributed by atoms with Crippen LogP contribution >= 0.6 is 0 Å². The van der Waals surface area contributed by atoms with Crippen molar-refractivity contribution in [2.45, 2.75) is 33.1 Å². The van der Waals surface area contributed by atoms with Gasteiger partial charge in [-0.15, -0.1) is 0 Å². The van der Waals surface area contributed by atoms with E-state index in [-0.39, 0.29) is 0 Å². The summed E-state index contributed by atoms with van der Waals surface area (Å²) in [6.45, 7) is 6.74. The molecule has 1 aromatic rings. The van der Waals surface area contributed by atoms with E-state index in [2.05, 4.69) is 37.8 Å². The van der Waals surface area contributed by atoms with Crippen molar-refractivity contribution in [3.63, 3.8) is 0 Å². The summed E-state index contributed by atoms with van der Waals surface area (Å²) in [5.74, 6) is 2.05. The zero-order valence-corrected chi connectivity index (χ0v) is 9.99. The van der Waals surface area contributed by atoms with Gasteiger partial charge in [0.25, 0.3) is 0 Å². The van der Waals surface area contributed by atoms with Gasteiger partial charge in [-0.2, -0.15) is 4.89 Å². The predicted molar refractivity (Wildman–Crippen MR) is 61.9 cm³/mol. The molecule has 0 aliphatic rings. The Morgan fingerprint density at radius 3 is 2.13 bits per heavy atom. The molecular weight excluding hydrogens is 188 g/mol. The molecule has 0 aliphatic heterocycles. The number of hydrogen-bond donors (Lipinski definition) is 0. The molecule has 0 saturated carbocycles. The number of hydrogen-bond acceptors (Lipinski definition) is 2. The maximum atomic E-state index is 4.93. The van der Waals surface area contributed by atoms with E-state index in [1.807, 2.05) is 12.1 Å². The third-order valence-corrected chi connectivity index (χ3v) is 2.73. The van der Waals surface area contributed by atoms with Crippen molar-refractivity contribution in [1.82, 2.24) is 0 Å². The molecule has 0 saturated heterocycles. The zero-order chi connectivity index (χ0) is 11.3. The van der Waals surface area contributed by atoms with E-state index < -0.39 is 0 Å². The highest BCUT2D eigenvalue weighted by Crippen LogP contribution is 2.28. The average molecular weight is 208 g/mol. The minimum Gasteiger partial charge on any atom is -0.338 e. The summed E-state index contributed by atoms with van der Waals surface area (Å²) < 4.78 is 0. The first kappa shape index (κ1) is 12.1. The smallest absolute Gasteiger partial charge is 0.165 e. The van der Waals surface area contributed by atoms with Crippen LogP contribution in [0.5, 0.6) is 5.75 Å². The monoisotopic (exact) mass is 208 g/mol. The SMILES string of the molecule is CCC(c1ccc(OOC)cc1)C(C)C. The predicted octanol–water partition coefficient (Wildman–Crippen LogP) is 3.78. The van der Waals surface area contributed by atoms with E-state index in [0.717, 1.165) is 5.75 Å². The zero-order valence-electron chi connectivity index (χ0n) is 9.99. The molecule has 0 bridgehead atoms. The Morgan fingerprint density at radius 2 is 1.73 bits per heavy atom. The first-order valence-electron chi connectivity index (χ1n) is 5.49. The molecule has 0 heterocycles. The Bertz CT molecular complexity index is 277. The fourth-order valence-electron chi connectivity index (χ4n) is 1.96. The Kier molecular flexibility index (Phi) is 4.63. The average Bonchev–Trinajstić information content (AvgIpc) is 2.21. The Balaban J connectivity index is 2.77. The van der Waals surface area contributed by atoms with Crippen molar-refractivity contribution in [3.05, 3.63) is 29.8 Å². The van der Waals surface area contributed by atoms with E-state index in [1.54, 1.807) is 0 Å². The second kappa shape index (κ2) is 5.76. The lowest BCUT2D eigenvalue weighted by Crippen LogP contribution is -2.05. The Labute approximate surface area is 92.1 Å². The van der Waals surface area contributed by atoms with E-state index in [9.17, 15) is 0 Å². The maximum absolute atomic E-state index is 4.93. The Morgan fingerprint density at radius 1 is 1.13 bits per heavy atom. The van der Waals surface area contributed by atoms with Gasteiger partial charge in [-0.05, 0) is 36.0 Å². The van der Waals surface area contributed by atoms with Crippen LogP contribution in [0.4, 0.5) is 0 Å². The van der Waals surface area contributed by atoms with Crippen LogP contribution in [0.2, 0.25) is 0 Å². The fraction of sp³-hybridized carbons (Fsp3) is 0.538. The van der Waals surface area contributed by atoms with Crippen molar-refractivity contribution >= 4 is 0 Å². The van der Waals surface area contributed by atoms with Gasteiger partial charge in [0.05, 0.1) is 7.11 Å². The molecule has 0 fully saturated rings. The second-order valence-electron chi connectivity index (χ2n) is 4.08. The van der Waals surface area contributed by atoms with Crippen LogP contribution < -0.4 is 4.89 Å². The molecule has 84 valence electrons.